The summed E-state index contributed by atoms with van der Waals surface area (Å²) in [7, 11) is -1.76. The van der Waals surface area contributed by atoms with E-state index in [4.69, 9.17) is 0 Å². The maximum Gasteiger partial charge on any atom is 0.219 e. The third-order valence-electron chi connectivity index (χ3n) is 5.11. The lowest BCUT2D eigenvalue weighted by molar-refractivity contribution is -0.121. The van der Waals surface area contributed by atoms with Crippen LogP contribution in [0.15, 0.2) is 91.0 Å². The lowest BCUT2D eigenvalue weighted by atomic mass is 10.2. The molecule has 0 spiro atoms. The monoisotopic (exact) mass is 390 g/mol. The van der Waals surface area contributed by atoms with Gasteiger partial charge in [0.15, 0.2) is 0 Å². The molecule has 3 rings (SSSR count). The van der Waals surface area contributed by atoms with Crippen LogP contribution in [0.2, 0.25) is 0 Å². The summed E-state index contributed by atoms with van der Waals surface area (Å²) in [4.78, 5) is 11.9. The van der Waals surface area contributed by atoms with Crippen molar-refractivity contribution in [2.75, 3.05) is 12.7 Å². The van der Waals surface area contributed by atoms with Crippen LogP contribution in [0.25, 0.3) is 0 Å². The molecule has 3 aromatic rings. The van der Waals surface area contributed by atoms with Gasteiger partial charge in [0.05, 0.1) is 6.16 Å². The number of nitrogens with one attached hydrogen (secondary N) is 1. The summed E-state index contributed by atoms with van der Waals surface area (Å²) in [5.74, 6) is 0.158. The van der Waals surface area contributed by atoms with Gasteiger partial charge < -0.3 is 5.32 Å². The van der Waals surface area contributed by atoms with Crippen LogP contribution in [0.3, 0.4) is 0 Å². The number of benzene rings is 3. The molecular formula is C25H29NOP+. The lowest BCUT2D eigenvalue weighted by Crippen LogP contribution is -2.33. The average molecular weight is 390 g/mol. The number of hydrogen-bond donors (Lipinski definition) is 1. The molecule has 0 unspecified atom stereocenters. The first-order valence-electron chi connectivity index (χ1n) is 10.1. The second-order valence-electron chi connectivity index (χ2n) is 6.95. The molecular weight excluding hydrogens is 361 g/mol. The summed E-state index contributed by atoms with van der Waals surface area (Å²) in [5, 5.41) is 7.13. The van der Waals surface area contributed by atoms with Gasteiger partial charge in [-0.3, -0.25) is 4.79 Å². The van der Waals surface area contributed by atoms with Crippen molar-refractivity contribution in [1.29, 1.82) is 0 Å². The van der Waals surface area contributed by atoms with Crippen LogP contribution in [-0.2, 0) is 4.79 Å². The minimum Gasteiger partial charge on any atom is -0.356 e. The van der Waals surface area contributed by atoms with Gasteiger partial charge in [-0.1, -0.05) is 54.6 Å². The molecule has 3 aromatic carbocycles. The summed E-state index contributed by atoms with van der Waals surface area (Å²) in [6.45, 7) is 2.67. The highest BCUT2D eigenvalue weighted by Gasteiger charge is 2.44. The van der Waals surface area contributed by atoms with Crippen molar-refractivity contribution in [2.45, 2.75) is 26.2 Å². The highest BCUT2D eigenvalue weighted by atomic mass is 31.2. The van der Waals surface area contributed by atoms with E-state index >= 15 is 0 Å². The topological polar surface area (TPSA) is 29.1 Å². The third-order valence-corrected chi connectivity index (χ3v) is 9.64. The van der Waals surface area contributed by atoms with Crippen LogP contribution in [0.4, 0.5) is 0 Å². The Labute approximate surface area is 169 Å². The molecule has 0 aliphatic rings. The molecule has 0 bridgehead atoms. The Bertz CT molecular complexity index is 753. The third kappa shape index (κ3) is 4.69. The summed E-state index contributed by atoms with van der Waals surface area (Å²) >= 11 is 0. The first-order chi connectivity index (χ1) is 13.8. The lowest BCUT2D eigenvalue weighted by Gasteiger charge is -2.27. The maximum atomic E-state index is 11.9. The number of rotatable bonds is 9. The van der Waals surface area contributed by atoms with Gasteiger partial charge in [0, 0.05) is 13.0 Å². The molecule has 0 radical (unpaired) electrons. The number of unbranched alkanes of at least 4 members (excludes halogenated alkanes) is 1. The van der Waals surface area contributed by atoms with Crippen LogP contribution in [0, 0.1) is 0 Å². The number of carbonyl (C=O) groups excluding carboxylic acids is 1. The molecule has 1 amide bonds. The van der Waals surface area contributed by atoms with E-state index in [2.05, 4.69) is 96.3 Å². The van der Waals surface area contributed by atoms with E-state index in [0.717, 1.165) is 19.0 Å². The summed E-state index contributed by atoms with van der Waals surface area (Å²) in [5.41, 5.74) is 0. The van der Waals surface area contributed by atoms with Crippen LogP contribution in [-0.4, -0.2) is 18.6 Å². The number of carbonyl (C=O) groups is 1. The summed E-state index contributed by atoms with van der Waals surface area (Å²) in [6.07, 6.45) is 3.63. The fraction of sp³-hybridized carbons (Fsp3) is 0.240. The van der Waals surface area contributed by atoms with Crippen LogP contribution < -0.4 is 21.2 Å². The Kier molecular flexibility index (Phi) is 7.39. The normalized spacial score (nSPS) is 11.2. The van der Waals surface area contributed by atoms with E-state index in [0.29, 0.717) is 13.0 Å². The van der Waals surface area contributed by atoms with Crippen LogP contribution in [0.5, 0.6) is 0 Å². The molecule has 28 heavy (non-hydrogen) atoms. The Hall–Kier alpha value is -2.44. The van der Waals surface area contributed by atoms with Crippen molar-refractivity contribution in [3.63, 3.8) is 0 Å². The Morgan fingerprint density at radius 2 is 1.14 bits per heavy atom. The van der Waals surface area contributed by atoms with Gasteiger partial charge in [0.25, 0.3) is 0 Å². The molecule has 0 aromatic heterocycles. The molecule has 2 nitrogen and oxygen atoms in total. The average Bonchev–Trinajstić information content (AvgIpc) is 2.76. The predicted octanol–water partition coefficient (Wildman–Crippen LogP) is 4.29. The van der Waals surface area contributed by atoms with Crippen molar-refractivity contribution in [2.24, 2.45) is 0 Å². The van der Waals surface area contributed by atoms with E-state index in [1.54, 1.807) is 0 Å². The van der Waals surface area contributed by atoms with Gasteiger partial charge in [-0.05, 0) is 56.2 Å². The van der Waals surface area contributed by atoms with Crippen molar-refractivity contribution < 1.29 is 4.79 Å². The van der Waals surface area contributed by atoms with Crippen molar-refractivity contribution in [3.05, 3.63) is 91.0 Å². The zero-order valence-corrected chi connectivity index (χ0v) is 17.4. The zero-order chi connectivity index (χ0) is 19.7. The molecule has 0 aliphatic heterocycles. The molecule has 1 N–H and O–H groups in total. The van der Waals surface area contributed by atoms with E-state index < -0.39 is 7.26 Å². The first kappa shape index (κ1) is 20.3. The van der Waals surface area contributed by atoms with Crippen LogP contribution in [0.1, 0.15) is 26.2 Å². The van der Waals surface area contributed by atoms with Crippen LogP contribution >= 0.6 is 7.26 Å². The molecule has 144 valence electrons. The Morgan fingerprint density at radius 1 is 0.714 bits per heavy atom. The van der Waals surface area contributed by atoms with Gasteiger partial charge in [-0.2, -0.15) is 0 Å². The van der Waals surface area contributed by atoms with E-state index in [-0.39, 0.29) is 5.91 Å². The number of amides is 1. The highest BCUT2D eigenvalue weighted by Crippen LogP contribution is 2.55. The second kappa shape index (κ2) is 10.2. The fourth-order valence-electron chi connectivity index (χ4n) is 3.80. The predicted molar refractivity (Wildman–Crippen MR) is 123 cm³/mol. The van der Waals surface area contributed by atoms with Gasteiger partial charge in [-0.25, -0.2) is 0 Å². The zero-order valence-electron chi connectivity index (χ0n) is 16.6. The SMILES string of the molecule is CCNC(=O)CCCC[P+](c1ccccc1)(c1ccccc1)c1ccccc1. The van der Waals surface area contributed by atoms with Gasteiger partial charge in [0.1, 0.15) is 23.2 Å². The van der Waals surface area contributed by atoms with Crippen molar-refractivity contribution in [1.82, 2.24) is 5.32 Å². The smallest absolute Gasteiger partial charge is 0.219 e. The minimum absolute atomic E-state index is 0.158. The molecule has 0 aliphatic carbocycles. The quantitative estimate of drug-likeness (QED) is 0.429. The minimum atomic E-state index is -1.76. The second-order valence-corrected chi connectivity index (χ2v) is 10.6. The van der Waals surface area contributed by atoms with Gasteiger partial charge in [0.2, 0.25) is 5.91 Å². The molecule has 0 saturated carbocycles. The van der Waals surface area contributed by atoms with Gasteiger partial charge in [-0.15, -0.1) is 0 Å². The first-order valence-corrected chi connectivity index (χ1v) is 12.1. The van der Waals surface area contributed by atoms with Crippen molar-refractivity contribution in [3.8, 4) is 0 Å². The molecule has 3 heteroatoms. The van der Waals surface area contributed by atoms with Gasteiger partial charge >= 0.3 is 0 Å². The Balaban J connectivity index is 1.98. The molecule has 0 atom stereocenters. The standard InChI is InChI=1S/C25H28NOP/c1-2-26-25(27)20-12-13-21-28(22-14-6-3-7-15-22,23-16-8-4-9-17-23)24-18-10-5-11-19-24/h3-11,14-19H,2,12-13,20-21H2,1H3/p+1. The molecule has 0 saturated heterocycles. The van der Waals surface area contributed by atoms with Crippen molar-refractivity contribution >= 4 is 29.1 Å². The summed E-state index contributed by atoms with van der Waals surface area (Å²) < 4.78 is 0. The molecule has 0 fully saturated rings. The maximum absolute atomic E-state index is 11.9. The largest absolute Gasteiger partial charge is 0.356 e. The Morgan fingerprint density at radius 3 is 1.54 bits per heavy atom. The highest BCUT2D eigenvalue weighted by molar-refractivity contribution is 7.95. The fourth-order valence-corrected chi connectivity index (χ4v) is 8.21. The van der Waals surface area contributed by atoms with E-state index in [1.165, 1.54) is 15.9 Å². The van der Waals surface area contributed by atoms with E-state index in [9.17, 15) is 4.79 Å². The summed E-state index contributed by atoms with van der Waals surface area (Å²) in [6, 6.07) is 32.8. The number of hydrogen-bond acceptors (Lipinski definition) is 1. The van der Waals surface area contributed by atoms with E-state index in [1.807, 2.05) is 6.92 Å². The molecule has 0 heterocycles.